The average Bonchev–Trinajstić information content (AvgIpc) is 3.35. The van der Waals surface area contributed by atoms with E-state index in [1.807, 2.05) is 37.3 Å². The van der Waals surface area contributed by atoms with E-state index in [1.54, 1.807) is 18.2 Å². The van der Waals surface area contributed by atoms with Gasteiger partial charge >= 0.3 is 0 Å². The number of carbonyl (C=O) groups is 3. The Bertz CT molecular complexity index is 1240. The van der Waals surface area contributed by atoms with E-state index in [0.717, 1.165) is 37.9 Å². The Labute approximate surface area is 227 Å². The van der Waals surface area contributed by atoms with Crippen molar-refractivity contribution in [3.63, 3.8) is 0 Å². The molecule has 3 N–H and O–H groups in total. The van der Waals surface area contributed by atoms with E-state index in [-0.39, 0.29) is 35.3 Å². The number of Topliss-reactive ketones (excluding diaryl/α,β-unsaturated/α-hetero) is 1. The van der Waals surface area contributed by atoms with Gasteiger partial charge in [-0.2, -0.15) is 0 Å². The Morgan fingerprint density at radius 3 is 2.55 bits per heavy atom. The van der Waals surface area contributed by atoms with Crippen molar-refractivity contribution in [3.8, 4) is 0 Å². The van der Waals surface area contributed by atoms with Gasteiger partial charge < -0.3 is 20.4 Å². The minimum Gasteiger partial charge on any atom is -0.434 e. The van der Waals surface area contributed by atoms with Gasteiger partial charge in [-0.25, -0.2) is 4.98 Å². The monoisotopic (exact) mass is 538 g/mol. The first-order chi connectivity index (χ1) is 18.4. The third kappa shape index (κ3) is 7.65. The zero-order chi connectivity index (χ0) is 26.9. The highest BCUT2D eigenvalue weighted by molar-refractivity contribution is 6.31. The number of halogens is 1. The van der Waals surface area contributed by atoms with E-state index in [9.17, 15) is 14.4 Å². The summed E-state index contributed by atoms with van der Waals surface area (Å²) >= 11 is 6.05. The van der Waals surface area contributed by atoms with Gasteiger partial charge in [0.1, 0.15) is 5.52 Å². The molecule has 3 aromatic rings. The minimum absolute atomic E-state index is 0.0302. The second-order valence-corrected chi connectivity index (χ2v) is 10.4. The van der Waals surface area contributed by atoms with Crippen LogP contribution in [0.5, 0.6) is 0 Å². The maximum atomic E-state index is 13.4. The number of ketones is 1. The van der Waals surface area contributed by atoms with Gasteiger partial charge in [-0.1, -0.05) is 48.9 Å². The Hall–Kier alpha value is -3.23. The predicted molar refractivity (Wildman–Crippen MR) is 147 cm³/mol. The van der Waals surface area contributed by atoms with Gasteiger partial charge in [0.25, 0.3) is 5.89 Å². The van der Waals surface area contributed by atoms with Crippen molar-refractivity contribution in [2.75, 3.05) is 26.2 Å². The molecular weight excluding hydrogens is 504 g/mol. The fraction of sp³-hybridized carbons (Fsp3) is 0.448. The molecule has 0 saturated carbocycles. The van der Waals surface area contributed by atoms with Crippen LogP contribution in [-0.2, 0) is 9.59 Å². The van der Waals surface area contributed by atoms with Crippen molar-refractivity contribution in [1.82, 2.24) is 20.9 Å². The number of carbonyl (C=O) groups excluding carboxylic acids is 3. The SMILES string of the molecule is CC(CCNC(=O)C1CCNCC1)CC(=O)NCCC(C(=O)c1nc2cc(Cl)ccc2o1)c1ccccc1. The molecule has 0 radical (unpaired) electrons. The Morgan fingerprint density at radius 1 is 1.05 bits per heavy atom. The number of fused-ring (bicyclic) bond motifs is 1. The number of oxazole rings is 1. The van der Waals surface area contributed by atoms with Gasteiger partial charge in [0.05, 0.1) is 5.92 Å². The number of amides is 2. The summed E-state index contributed by atoms with van der Waals surface area (Å²) in [5.41, 5.74) is 1.87. The second kappa shape index (κ2) is 13.5. The zero-order valence-electron chi connectivity index (χ0n) is 21.7. The molecule has 2 unspecified atom stereocenters. The van der Waals surface area contributed by atoms with Crippen molar-refractivity contribution in [2.24, 2.45) is 11.8 Å². The van der Waals surface area contributed by atoms with Crippen LogP contribution in [0.2, 0.25) is 5.02 Å². The lowest BCUT2D eigenvalue weighted by Gasteiger charge is -2.22. The number of nitrogens with zero attached hydrogens (tertiary/aromatic N) is 1. The summed E-state index contributed by atoms with van der Waals surface area (Å²) in [4.78, 5) is 42.6. The van der Waals surface area contributed by atoms with Gasteiger partial charge in [0, 0.05) is 30.5 Å². The molecule has 2 amide bonds. The quantitative estimate of drug-likeness (QED) is 0.293. The number of nitrogens with one attached hydrogen (secondary N) is 3. The van der Waals surface area contributed by atoms with E-state index in [0.29, 0.717) is 42.1 Å². The molecule has 1 saturated heterocycles. The van der Waals surface area contributed by atoms with Crippen molar-refractivity contribution < 1.29 is 18.8 Å². The van der Waals surface area contributed by atoms with Gasteiger partial charge in [-0.3, -0.25) is 14.4 Å². The normalized spacial score (nSPS) is 15.6. The zero-order valence-corrected chi connectivity index (χ0v) is 22.4. The lowest BCUT2D eigenvalue weighted by atomic mass is 9.91. The lowest BCUT2D eigenvalue weighted by molar-refractivity contribution is -0.125. The number of piperidine rings is 1. The summed E-state index contributed by atoms with van der Waals surface area (Å²) in [6, 6.07) is 14.5. The molecule has 2 atom stereocenters. The van der Waals surface area contributed by atoms with Crippen LogP contribution >= 0.6 is 11.6 Å². The molecular formula is C29H35ClN4O4. The first-order valence-corrected chi connectivity index (χ1v) is 13.7. The van der Waals surface area contributed by atoms with Crippen LogP contribution in [0.15, 0.2) is 52.9 Å². The number of aromatic nitrogens is 1. The summed E-state index contributed by atoms with van der Waals surface area (Å²) in [5.74, 6) is -0.468. The molecule has 9 heteroatoms. The minimum atomic E-state index is -0.511. The van der Waals surface area contributed by atoms with Crippen LogP contribution in [0.4, 0.5) is 0 Å². The highest BCUT2D eigenvalue weighted by Gasteiger charge is 2.27. The first-order valence-electron chi connectivity index (χ1n) is 13.3. The number of hydrogen-bond acceptors (Lipinski definition) is 6. The van der Waals surface area contributed by atoms with Crippen molar-refractivity contribution in [2.45, 2.75) is 44.9 Å². The standard InChI is InChI=1S/C29H35ClN4O4/c1-19(9-15-33-28(37)21-10-13-31-14-11-21)17-26(35)32-16-12-23(20-5-3-2-4-6-20)27(36)29-34-24-18-22(30)7-8-25(24)38-29/h2-8,18-19,21,23,31H,9-17H2,1H3,(H,32,35)(H,33,37). The molecule has 0 aliphatic carbocycles. The smallest absolute Gasteiger partial charge is 0.264 e. The van der Waals surface area contributed by atoms with Crippen LogP contribution in [0, 0.1) is 11.8 Å². The molecule has 1 fully saturated rings. The summed E-state index contributed by atoms with van der Waals surface area (Å²) in [6.45, 7) is 4.68. The first kappa shape index (κ1) is 27.8. The molecule has 0 spiro atoms. The van der Waals surface area contributed by atoms with Crippen LogP contribution in [-0.4, -0.2) is 48.8 Å². The highest BCUT2D eigenvalue weighted by atomic mass is 35.5. The highest BCUT2D eigenvalue weighted by Crippen LogP contribution is 2.27. The van der Waals surface area contributed by atoms with Crippen molar-refractivity contribution in [1.29, 1.82) is 0 Å². The molecule has 8 nitrogen and oxygen atoms in total. The van der Waals surface area contributed by atoms with Crippen LogP contribution in [0.25, 0.3) is 11.1 Å². The van der Waals surface area contributed by atoms with E-state index < -0.39 is 5.92 Å². The van der Waals surface area contributed by atoms with E-state index in [2.05, 4.69) is 20.9 Å². The Balaban J connectivity index is 1.26. The predicted octanol–water partition coefficient (Wildman–Crippen LogP) is 4.49. The molecule has 202 valence electrons. The molecule has 2 aromatic carbocycles. The fourth-order valence-electron chi connectivity index (χ4n) is 4.81. The molecule has 0 bridgehead atoms. The summed E-state index contributed by atoms with van der Waals surface area (Å²) in [5, 5.41) is 9.75. The van der Waals surface area contributed by atoms with Gasteiger partial charge in [0.2, 0.25) is 17.6 Å². The third-order valence-electron chi connectivity index (χ3n) is 7.01. The molecule has 38 heavy (non-hydrogen) atoms. The number of benzene rings is 2. The maximum absolute atomic E-state index is 13.4. The van der Waals surface area contributed by atoms with Gasteiger partial charge in [0.15, 0.2) is 5.58 Å². The number of rotatable bonds is 12. The Kier molecular flexibility index (Phi) is 9.90. The van der Waals surface area contributed by atoms with E-state index in [4.69, 9.17) is 16.0 Å². The molecule has 1 aliphatic heterocycles. The molecule has 1 aliphatic rings. The maximum Gasteiger partial charge on any atom is 0.264 e. The molecule has 2 heterocycles. The van der Waals surface area contributed by atoms with Crippen molar-refractivity contribution >= 4 is 40.3 Å². The van der Waals surface area contributed by atoms with Crippen LogP contribution < -0.4 is 16.0 Å². The Morgan fingerprint density at radius 2 is 1.79 bits per heavy atom. The molecule has 1 aromatic heterocycles. The average molecular weight is 539 g/mol. The van der Waals surface area contributed by atoms with Gasteiger partial charge in [-0.05, 0) is 68.5 Å². The molecule has 4 rings (SSSR count). The van der Waals surface area contributed by atoms with E-state index in [1.165, 1.54) is 0 Å². The van der Waals surface area contributed by atoms with Gasteiger partial charge in [-0.15, -0.1) is 0 Å². The fourth-order valence-corrected chi connectivity index (χ4v) is 4.97. The lowest BCUT2D eigenvalue weighted by Crippen LogP contribution is -2.38. The van der Waals surface area contributed by atoms with E-state index >= 15 is 0 Å². The topological polar surface area (TPSA) is 113 Å². The summed E-state index contributed by atoms with van der Waals surface area (Å²) < 4.78 is 5.72. The van der Waals surface area contributed by atoms with Crippen molar-refractivity contribution in [3.05, 3.63) is 65.0 Å². The summed E-state index contributed by atoms with van der Waals surface area (Å²) in [6.07, 6.45) is 3.25. The number of hydrogen-bond donors (Lipinski definition) is 3. The third-order valence-corrected chi connectivity index (χ3v) is 7.25. The van der Waals surface area contributed by atoms with Crippen LogP contribution in [0.1, 0.15) is 61.2 Å². The van der Waals surface area contributed by atoms with Crippen LogP contribution in [0.3, 0.4) is 0 Å². The largest absolute Gasteiger partial charge is 0.434 e. The summed E-state index contributed by atoms with van der Waals surface area (Å²) in [7, 11) is 0. The second-order valence-electron chi connectivity index (χ2n) is 10.0.